The van der Waals surface area contributed by atoms with Crippen molar-refractivity contribution in [2.24, 2.45) is 11.8 Å². The molecule has 0 amide bonds. The zero-order valence-corrected chi connectivity index (χ0v) is 23.0. The second-order valence-corrected chi connectivity index (χ2v) is 10.8. The van der Waals surface area contributed by atoms with E-state index in [0.717, 1.165) is 19.3 Å². The summed E-state index contributed by atoms with van der Waals surface area (Å²) in [6, 6.07) is 0. The third-order valence-electron chi connectivity index (χ3n) is 6.35. The Morgan fingerprint density at radius 1 is 0.485 bits per heavy atom. The van der Waals surface area contributed by atoms with Crippen LogP contribution in [0.25, 0.3) is 0 Å². The smallest absolute Gasteiger partial charge is 0.306 e. The Morgan fingerprint density at radius 2 is 0.848 bits per heavy atom. The molecule has 33 heavy (non-hydrogen) atoms. The van der Waals surface area contributed by atoms with Gasteiger partial charge in [0.05, 0.1) is 12.2 Å². The summed E-state index contributed by atoms with van der Waals surface area (Å²) in [5, 5.41) is 0. The largest absolute Gasteiger partial charge is 0.463 e. The Bertz CT molecular complexity index is 470. The summed E-state index contributed by atoms with van der Waals surface area (Å²) in [5.41, 5.74) is 0. The Balaban J connectivity index is 3.47. The van der Waals surface area contributed by atoms with Crippen LogP contribution in [-0.2, 0) is 19.1 Å². The molecule has 0 aromatic rings. The van der Waals surface area contributed by atoms with Crippen molar-refractivity contribution in [3.8, 4) is 0 Å². The van der Waals surface area contributed by atoms with E-state index in [2.05, 4.69) is 13.8 Å². The van der Waals surface area contributed by atoms with Crippen LogP contribution in [0.5, 0.6) is 0 Å². The van der Waals surface area contributed by atoms with E-state index >= 15 is 0 Å². The highest BCUT2D eigenvalue weighted by molar-refractivity contribution is 5.69. The highest BCUT2D eigenvalue weighted by atomic mass is 16.5. The molecule has 4 heteroatoms. The fourth-order valence-electron chi connectivity index (χ4n) is 4.38. The second kappa shape index (κ2) is 21.5. The third kappa shape index (κ3) is 22.5. The molecule has 0 aromatic heterocycles. The lowest BCUT2D eigenvalue weighted by molar-refractivity contribution is -0.148. The zero-order valence-electron chi connectivity index (χ0n) is 23.0. The van der Waals surface area contributed by atoms with Crippen molar-refractivity contribution in [3.63, 3.8) is 0 Å². The Labute approximate surface area is 206 Å². The molecule has 0 bridgehead atoms. The Morgan fingerprint density at radius 3 is 1.24 bits per heavy atom. The van der Waals surface area contributed by atoms with E-state index < -0.39 is 0 Å². The minimum absolute atomic E-state index is 0.00626. The molecule has 0 N–H and O–H groups in total. The minimum Gasteiger partial charge on any atom is -0.463 e. The monoisotopic (exact) mass is 468 g/mol. The van der Waals surface area contributed by atoms with Crippen LogP contribution in [0.1, 0.15) is 151 Å². The first-order valence-electron chi connectivity index (χ1n) is 14.1. The molecule has 0 rings (SSSR count). The van der Waals surface area contributed by atoms with Gasteiger partial charge in [-0.1, -0.05) is 97.3 Å². The van der Waals surface area contributed by atoms with E-state index in [-0.39, 0.29) is 24.1 Å². The van der Waals surface area contributed by atoms with Crippen LogP contribution in [0, 0.1) is 11.8 Å². The maximum absolute atomic E-state index is 11.8. The molecule has 0 aliphatic rings. The quantitative estimate of drug-likeness (QED) is 0.118. The first-order chi connectivity index (χ1) is 15.7. The van der Waals surface area contributed by atoms with Gasteiger partial charge in [-0.2, -0.15) is 0 Å². The van der Waals surface area contributed by atoms with Gasteiger partial charge in [-0.25, -0.2) is 0 Å². The highest BCUT2D eigenvalue weighted by Crippen LogP contribution is 2.24. The molecule has 1 atom stereocenters. The lowest BCUT2D eigenvalue weighted by Crippen LogP contribution is -2.15. The van der Waals surface area contributed by atoms with E-state index in [9.17, 15) is 9.59 Å². The molecule has 0 aliphatic carbocycles. The molecule has 0 aliphatic heterocycles. The summed E-state index contributed by atoms with van der Waals surface area (Å²) in [7, 11) is 0. The molecular formula is C29H56O4. The van der Waals surface area contributed by atoms with Crippen LogP contribution in [0.2, 0.25) is 0 Å². The van der Waals surface area contributed by atoms with Crippen molar-refractivity contribution in [1.29, 1.82) is 0 Å². The van der Waals surface area contributed by atoms with Crippen LogP contribution >= 0.6 is 0 Å². The molecule has 0 heterocycles. The predicted octanol–water partition coefficient (Wildman–Crippen LogP) is 8.79. The summed E-state index contributed by atoms with van der Waals surface area (Å²) >= 11 is 0. The number of rotatable bonds is 22. The fourth-order valence-corrected chi connectivity index (χ4v) is 4.38. The van der Waals surface area contributed by atoms with Crippen LogP contribution in [0.3, 0.4) is 0 Å². The summed E-state index contributed by atoms with van der Waals surface area (Å²) in [5.74, 6) is 1.18. The Kier molecular flexibility index (Phi) is 20.8. The third-order valence-corrected chi connectivity index (χ3v) is 6.35. The minimum atomic E-state index is -0.0477. The molecule has 0 aromatic carbocycles. The highest BCUT2D eigenvalue weighted by Gasteiger charge is 2.16. The van der Waals surface area contributed by atoms with Crippen molar-refractivity contribution in [1.82, 2.24) is 0 Å². The van der Waals surface area contributed by atoms with Gasteiger partial charge in [0.25, 0.3) is 0 Å². The van der Waals surface area contributed by atoms with Crippen LogP contribution in [-0.4, -0.2) is 24.1 Å². The standard InChI is InChI=1S/C29H56O4/c1-24(2)27(22-23-29(31)33-26(5)6)20-18-16-14-12-10-8-7-9-11-13-15-17-19-21-28(30)32-25(3)4/h24-27H,7-23H2,1-6H3. The van der Waals surface area contributed by atoms with Crippen molar-refractivity contribution >= 4 is 11.9 Å². The number of hydrogen-bond acceptors (Lipinski definition) is 4. The van der Waals surface area contributed by atoms with E-state index in [4.69, 9.17) is 9.47 Å². The lowest BCUT2D eigenvalue weighted by Gasteiger charge is -2.20. The van der Waals surface area contributed by atoms with E-state index in [1.54, 1.807) is 0 Å². The van der Waals surface area contributed by atoms with Crippen molar-refractivity contribution in [3.05, 3.63) is 0 Å². The summed E-state index contributed by atoms with van der Waals surface area (Å²) in [6.07, 6.45) is 20.1. The maximum atomic E-state index is 11.8. The van der Waals surface area contributed by atoms with E-state index in [1.807, 2.05) is 27.7 Å². The topological polar surface area (TPSA) is 52.6 Å². The number of unbranched alkanes of at least 4 members (excludes halogenated alkanes) is 12. The van der Waals surface area contributed by atoms with Gasteiger partial charge >= 0.3 is 11.9 Å². The zero-order chi connectivity index (χ0) is 24.9. The molecule has 0 spiro atoms. The number of ether oxygens (including phenoxy) is 2. The van der Waals surface area contributed by atoms with E-state index in [0.29, 0.717) is 24.7 Å². The van der Waals surface area contributed by atoms with Gasteiger partial charge < -0.3 is 9.47 Å². The van der Waals surface area contributed by atoms with Crippen molar-refractivity contribution < 1.29 is 19.1 Å². The number of carbonyl (C=O) groups is 2. The molecule has 0 fully saturated rings. The molecule has 196 valence electrons. The van der Waals surface area contributed by atoms with Gasteiger partial charge in [-0.05, 0) is 52.4 Å². The van der Waals surface area contributed by atoms with E-state index in [1.165, 1.54) is 77.0 Å². The normalized spacial score (nSPS) is 12.5. The van der Waals surface area contributed by atoms with Gasteiger partial charge in [0, 0.05) is 12.8 Å². The van der Waals surface area contributed by atoms with Gasteiger partial charge in [0.1, 0.15) is 0 Å². The molecule has 0 saturated carbocycles. The molecular weight excluding hydrogens is 412 g/mol. The van der Waals surface area contributed by atoms with Gasteiger partial charge in [0.15, 0.2) is 0 Å². The molecule has 4 nitrogen and oxygen atoms in total. The molecule has 0 radical (unpaired) electrons. The van der Waals surface area contributed by atoms with Gasteiger partial charge in [-0.3, -0.25) is 9.59 Å². The molecule has 0 saturated heterocycles. The number of esters is 2. The first kappa shape index (κ1) is 31.9. The average Bonchev–Trinajstić information content (AvgIpc) is 2.71. The van der Waals surface area contributed by atoms with Crippen LogP contribution < -0.4 is 0 Å². The summed E-state index contributed by atoms with van der Waals surface area (Å²) in [4.78, 5) is 23.3. The number of carbonyl (C=O) groups excluding carboxylic acids is 2. The van der Waals surface area contributed by atoms with Crippen molar-refractivity contribution in [2.75, 3.05) is 0 Å². The van der Waals surface area contributed by atoms with Crippen molar-refractivity contribution in [2.45, 2.75) is 163 Å². The fraction of sp³-hybridized carbons (Fsp3) is 0.931. The van der Waals surface area contributed by atoms with Crippen LogP contribution in [0.4, 0.5) is 0 Å². The van der Waals surface area contributed by atoms with Gasteiger partial charge in [0.2, 0.25) is 0 Å². The SMILES string of the molecule is CC(C)OC(=O)CCCCCCCCCCCCCCCC(CCC(=O)OC(C)C)C(C)C. The number of hydrogen-bond donors (Lipinski definition) is 0. The van der Waals surface area contributed by atoms with Gasteiger partial charge in [-0.15, -0.1) is 0 Å². The first-order valence-corrected chi connectivity index (χ1v) is 14.1. The molecule has 1 unspecified atom stereocenters. The summed E-state index contributed by atoms with van der Waals surface area (Å²) < 4.78 is 10.4. The van der Waals surface area contributed by atoms with Crippen LogP contribution in [0.15, 0.2) is 0 Å². The maximum Gasteiger partial charge on any atom is 0.306 e. The Hall–Kier alpha value is -1.06. The lowest BCUT2D eigenvalue weighted by atomic mass is 9.86. The summed E-state index contributed by atoms with van der Waals surface area (Å²) in [6.45, 7) is 12.2. The second-order valence-electron chi connectivity index (χ2n) is 10.8. The average molecular weight is 469 g/mol. The predicted molar refractivity (Wildman–Crippen MR) is 139 cm³/mol.